The summed E-state index contributed by atoms with van der Waals surface area (Å²) in [6.07, 6.45) is 0. The van der Waals surface area contributed by atoms with Crippen molar-refractivity contribution in [1.29, 1.82) is 0 Å². The van der Waals surface area contributed by atoms with E-state index < -0.39 is 5.91 Å². The summed E-state index contributed by atoms with van der Waals surface area (Å²) in [6, 6.07) is 12.7. The van der Waals surface area contributed by atoms with Gasteiger partial charge in [-0.1, -0.05) is 53.0 Å². The number of rotatable bonds is 6. The van der Waals surface area contributed by atoms with Crippen molar-refractivity contribution >= 4 is 40.7 Å². The first-order valence-electron chi connectivity index (χ1n) is 9.86. The van der Waals surface area contributed by atoms with Gasteiger partial charge >= 0.3 is 0 Å². The normalized spacial score (nSPS) is 10.9. The van der Waals surface area contributed by atoms with E-state index in [1.807, 2.05) is 45.0 Å². The van der Waals surface area contributed by atoms with Gasteiger partial charge in [-0.2, -0.15) is 5.10 Å². The number of anilines is 1. The van der Waals surface area contributed by atoms with Gasteiger partial charge in [0.15, 0.2) is 0 Å². The molecule has 0 aliphatic rings. The van der Waals surface area contributed by atoms with Crippen LogP contribution >= 0.6 is 23.2 Å². The average Bonchev–Trinajstić information content (AvgIpc) is 2.96. The van der Waals surface area contributed by atoms with E-state index in [4.69, 9.17) is 23.2 Å². The lowest BCUT2D eigenvalue weighted by Crippen LogP contribution is -2.31. The van der Waals surface area contributed by atoms with E-state index >= 15 is 0 Å². The number of nitrogens with one attached hydrogen (secondary N) is 2. The molecule has 1 aromatic heterocycles. The van der Waals surface area contributed by atoms with E-state index in [1.54, 1.807) is 23.7 Å². The number of amides is 2. The topological polar surface area (TPSA) is 76.0 Å². The average molecular weight is 459 g/mol. The van der Waals surface area contributed by atoms with E-state index in [-0.39, 0.29) is 22.7 Å². The van der Waals surface area contributed by atoms with E-state index in [1.165, 1.54) is 6.07 Å². The van der Waals surface area contributed by atoms with Gasteiger partial charge in [-0.3, -0.25) is 9.59 Å². The number of carbonyl (C=O) groups is 2. The van der Waals surface area contributed by atoms with Crippen LogP contribution in [0.1, 0.15) is 51.4 Å². The smallest absolute Gasteiger partial charge is 0.260 e. The Kier molecular flexibility index (Phi) is 7.03. The van der Waals surface area contributed by atoms with Gasteiger partial charge in [0, 0.05) is 11.1 Å². The van der Waals surface area contributed by atoms with Crippen LogP contribution in [0, 0.1) is 13.8 Å². The van der Waals surface area contributed by atoms with E-state index in [2.05, 4.69) is 15.7 Å². The van der Waals surface area contributed by atoms with E-state index in [0.29, 0.717) is 28.5 Å². The molecule has 0 radical (unpaired) electrons. The van der Waals surface area contributed by atoms with Gasteiger partial charge in [0.2, 0.25) is 0 Å². The Morgan fingerprint density at radius 3 is 2.35 bits per heavy atom. The largest absolute Gasteiger partial charge is 0.350 e. The van der Waals surface area contributed by atoms with Crippen LogP contribution in [0.15, 0.2) is 42.5 Å². The Hall–Kier alpha value is -2.83. The van der Waals surface area contributed by atoms with Crippen LogP contribution in [0.2, 0.25) is 10.2 Å². The van der Waals surface area contributed by atoms with Crippen LogP contribution in [0.4, 0.5) is 5.69 Å². The number of nitrogens with zero attached hydrogens (tertiary/aromatic N) is 2. The highest BCUT2D eigenvalue weighted by Crippen LogP contribution is 2.26. The zero-order valence-electron chi connectivity index (χ0n) is 17.8. The third-order valence-corrected chi connectivity index (χ3v) is 5.26. The molecular formula is C23H24Cl2N4O2. The summed E-state index contributed by atoms with van der Waals surface area (Å²) in [7, 11) is 0. The molecule has 3 rings (SSSR count). The second-order valence-corrected chi connectivity index (χ2v) is 8.46. The minimum Gasteiger partial charge on any atom is -0.350 e. The predicted octanol–water partition coefficient (Wildman–Crippen LogP) is 5.25. The molecule has 0 unspecified atom stereocenters. The molecule has 31 heavy (non-hydrogen) atoms. The van der Waals surface area contributed by atoms with Crippen molar-refractivity contribution < 1.29 is 9.59 Å². The van der Waals surface area contributed by atoms with Crippen molar-refractivity contribution in [2.75, 3.05) is 5.32 Å². The van der Waals surface area contributed by atoms with Crippen molar-refractivity contribution in [2.45, 2.75) is 40.3 Å². The van der Waals surface area contributed by atoms with Crippen molar-refractivity contribution in [3.05, 3.63) is 80.6 Å². The molecule has 162 valence electrons. The predicted molar refractivity (Wildman–Crippen MR) is 124 cm³/mol. The number of aryl methyl sites for hydroxylation is 2. The van der Waals surface area contributed by atoms with Crippen LogP contribution in [0.3, 0.4) is 0 Å². The van der Waals surface area contributed by atoms with Gasteiger partial charge < -0.3 is 10.6 Å². The van der Waals surface area contributed by atoms with Gasteiger partial charge in [0.1, 0.15) is 5.15 Å². The molecule has 8 heteroatoms. The molecule has 0 saturated heterocycles. The van der Waals surface area contributed by atoms with Crippen LogP contribution < -0.4 is 10.6 Å². The zero-order chi connectivity index (χ0) is 22.7. The fourth-order valence-electron chi connectivity index (χ4n) is 3.13. The van der Waals surface area contributed by atoms with Gasteiger partial charge in [0.05, 0.1) is 29.1 Å². The Morgan fingerprint density at radius 2 is 1.71 bits per heavy atom. The molecule has 1 heterocycles. The molecule has 0 atom stereocenters. The van der Waals surface area contributed by atoms with Crippen molar-refractivity contribution in [3.8, 4) is 0 Å². The second-order valence-electron chi connectivity index (χ2n) is 7.67. The van der Waals surface area contributed by atoms with Crippen molar-refractivity contribution in [3.63, 3.8) is 0 Å². The summed E-state index contributed by atoms with van der Waals surface area (Å²) < 4.78 is 1.58. The maximum Gasteiger partial charge on any atom is 0.260 e. The second kappa shape index (κ2) is 9.54. The van der Waals surface area contributed by atoms with Crippen LogP contribution in [0.5, 0.6) is 0 Å². The summed E-state index contributed by atoms with van der Waals surface area (Å²) in [5.41, 5.74) is 3.54. The Balaban J connectivity index is 1.87. The molecule has 2 aromatic carbocycles. The van der Waals surface area contributed by atoms with Crippen LogP contribution in [-0.4, -0.2) is 27.6 Å². The Bertz CT molecular complexity index is 1120. The van der Waals surface area contributed by atoms with E-state index in [9.17, 15) is 9.59 Å². The van der Waals surface area contributed by atoms with Gasteiger partial charge in [-0.25, -0.2) is 4.68 Å². The summed E-state index contributed by atoms with van der Waals surface area (Å²) in [4.78, 5) is 25.6. The minimum atomic E-state index is -0.460. The van der Waals surface area contributed by atoms with E-state index in [0.717, 1.165) is 11.1 Å². The van der Waals surface area contributed by atoms with Gasteiger partial charge in [-0.05, 0) is 51.5 Å². The highest BCUT2D eigenvalue weighted by molar-refractivity contribution is 6.34. The summed E-state index contributed by atoms with van der Waals surface area (Å²) in [5, 5.41) is 10.6. The lowest BCUT2D eigenvalue weighted by molar-refractivity contribution is 0.0944. The molecule has 2 amide bonds. The number of halogens is 2. The first-order valence-corrected chi connectivity index (χ1v) is 10.6. The molecule has 2 N–H and O–H groups in total. The quantitative estimate of drug-likeness (QED) is 0.529. The minimum absolute atomic E-state index is 0.0524. The Morgan fingerprint density at radius 1 is 1.03 bits per heavy atom. The summed E-state index contributed by atoms with van der Waals surface area (Å²) in [6.45, 7) is 7.89. The number of hydrogen-bond donors (Lipinski definition) is 2. The SMILES string of the molecule is Cc1ccc(Cn2nc(C)c(C(=O)Nc3cc(Cl)ccc3C(=O)NC(C)C)c2Cl)cc1. The highest BCUT2D eigenvalue weighted by Gasteiger charge is 2.22. The first kappa shape index (κ1) is 22.8. The molecule has 0 spiro atoms. The molecule has 3 aromatic rings. The molecule has 0 fully saturated rings. The summed E-state index contributed by atoms with van der Waals surface area (Å²) in [5.74, 6) is -0.765. The first-order chi connectivity index (χ1) is 14.7. The van der Waals surface area contributed by atoms with Gasteiger partial charge in [-0.15, -0.1) is 0 Å². The number of hydrogen-bond acceptors (Lipinski definition) is 3. The fourth-order valence-corrected chi connectivity index (χ4v) is 3.62. The molecule has 0 bridgehead atoms. The lowest BCUT2D eigenvalue weighted by atomic mass is 10.1. The number of aromatic nitrogens is 2. The maximum absolute atomic E-state index is 13.1. The molecule has 0 saturated carbocycles. The Labute approximate surface area is 191 Å². The van der Waals surface area contributed by atoms with Crippen LogP contribution in [-0.2, 0) is 6.54 Å². The van der Waals surface area contributed by atoms with Gasteiger partial charge in [0.25, 0.3) is 11.8 Å². The highest BCUT2D eigenvalue weighted by atomic mass is 35.5. The third-order valence-electron chi connectivity index (χ3n) is 4.64. The third kappa shape index (κ3) is 5.46. The standard InChI is InChI=1S/C23H24Cl2N4O2/c1-13(2)26-22(30)18-10-9-17(24)11-19(18)27-23(31)20-15(4)28-29(21(20)25)12-16-7-5-14(3)6-8-16/h5-11,13H,12H2,1-4H3,(H,26,30)(H,27,31). The number of carbonyl (C=O) groups excluding carboxylic acids is 2. The maximum atomic E-state index is 13.1. The van der Waals surface area contributed by atoms with Crippen molar-refractivity contribution in [2.24, 2.45) is 0 Å². The van der Waals surface area contributed by atoms with Crippen molar-refractivity contribution in [1.82, 2.24) is 15.1 Å². The fraction of sp³-hybridized carbons (Fsp3) is 0.261. The molecular weight excluding hydrogens is 435 g/mol. The summed E-state index contributed by atoms with van der Waals surface area (Å²) >= 11 is 12.6. The molecule has 0 aliphatic heterocycles. The zero-order valence-corrected chi connectivity index (χ0v) is 19.3. The van der Waals surface area contributed by atoms with Crippen LogP contribution in [0.25, 0.3) is 0 Å². The monoisotopic (exact) mass is 458 g/mol. The molecule has 6 nitrogen and oxygen atoms in total. The lowest BCUT2D eigenvalue weighted by Gasteiger charge is -2.13. The number of benzene rings is 2. The molecule has 0 aliphatic carbocycles.